The van der Waals surface area contributed by atoms with E-state index >= 15 is 0 Å². The highest BCUT2D eigenvalue weighted by Crippen LogP contribution is 2.32. The van der Waals surface area contributed by atoms with Crippen LogP contribution >= 0.6 is 23.2 Å². The highest BCUT2D eigenvalue weighted by Gasteiger charge is 2.18. The van der Waals surface area contributed by atoms with E-state index in [1.165, 1.54) is 0 Å². The molecule has 0 unspecified atom stereocenters. The number of hydrogen-bond acceptors (Lipinski definition) is 2. The Bertz CT molecular complexity index is 337. The summed E-state index contributed by atoms with van der Waals surface area (Å²) in [6.07, 6.45) is 0. The lowest BCUT2D eigenvalue weighted by molar-refractivity contribution is 0.0976. The first kappa shape index (κ1) is 12.6. The van der Waals surface area contributed by atoms with Crippen molar-refractivity contribution in [2.75, 3.05) is 13.2 Å². The number of aliphatic hydroxyl groups is 1. The molecular formula is C11H14Cl2O2. The van der Waals surface area contributed by atoms with Gasteiger partial charge in [-0.25, -0.2) is 0 Å². The molecule has 1 aromatic carbocycles. The lowest BCUT2D eigenvalue weighted by Gasteiger charge is -2.22. The van der Waals surface area contributed by atoms with Crippen LogP contribution in [0.15, 0.2) is 18.2 Å². The molecule has 15 heavy (non-hydrogen) atoms. The summed E-state index contributed by atoms with van der Waals surface area (Å²) in [5, 5.41) is 9.94. The topological polar surface area (TPSA) is 29.5 Å². The van der Waals surface area contributed by atoms with Crippen molar-refractivity contribution in [1.82, 2.24) is 0 Å². The first-order valence-corrected chi connectivity index (χ1v) is 5.39. The van der Waals surface area contributed by atoms with Crippen molar-refractivity contribution in [1.29, 1.82) is 0 Å². The Hall–Kier alpha value is -0.440. The number of ether oxygens (including phenoxy) is 1. The van der Waals surface area contributed by atoms with Gasteiger partial charge in [-0.3, -0.25) is 0 Å². The SMILES string of the molecule is CC(C)(CO)COc1cccc(Cl)c1Cl. The van der Waals surface area contributed by atoms with Gasteiger partial charge in [0.25, 0.3) is 0 Å². The van der Waals surface area contributed by atoms with Gasteiger partial charge in [-0.1, -0.05) is 43.1 Å². The van der Waals surface area contributed by atoms with Crippen LogP contribution in [0.1, 0.15) is 13.8 Å². The van der Waals surface area contributed by atoms with E-state index in [0.29, 0.717) is 22.4 Å². The van der Waals surface area contributed by atoms with Gasteiger partial charge >= 0.3 is 0 Å². The molecule has 0 aliphatic carbocycles. The Kier molecular flexibility index (Phi) is 4.26. The van der Waals surface area contributed by atoms with Crippen LogP contribution in [-0.2, 0) is 0 Å². The third kappa shape index (κ3) is 3.56. The van der Waals surface area contributed by atoms with E-state index in [9.17, 15) is 0 Å². The molecule has 0 aliphatic rings. The summed E-state index contributed by atoms with van der Waals surface area (Å²) in [6, 6.07) is 5.23. The lowest BCUT2D eigenvalue weighted by Crippen LogP contribution is -2.25. The predicted octanol–water partition coefficient (Wildman–Crippen LogP) is 3.39. The minimum absolute atomic E-state index is 0.0607. The third-order valence-electron chi connectivity index (χ3n) is 1.96. The van der Waals surface area contributed by atoms with Crippen LogP contribution in [0.25, 0.3) is 0 Å². The molecule has 0 atom stereocenters. The minimum atomic E-state index is -0.286. The van der Waals surface area contributed by atoms with Crippen LogP contribution in [-0.4, -0.2) is 18.3 Å². The van der Waals surface area contributed by atoms with Crippen molar-refractivity contribution >= 4 is 23.2 Å². The average Bonchev–Trinajstić information content (AvgIpc) is 2.20. The van der Waals surface area contributed by atoms with E-state index in [2.05, 4.69) is 0 Å². The van der Waals surface area contributed by atoms with Crippen molar-refractivity contribution in [3.8, 4) is 5.75 Å². The lowest BCUT2D eigenvalue weighted by atomic mass is 9.97. The maximum Gasteiger partial charge on any atom is 0.139 e. The maximum absolute atomic E-state index is 9.06. The summed E-state index contributed by atoms with van der Waals surface area (Å²) < 4.78 is 5.50. The van der Waals surface area contributed by atoms with E-state index in [1.54, 1.807) is 18.2 Å². The minimum Gasteiger partial charge on any atom is -0.491 e. The van der Waals surface area contributed by atoms with E-state index in [1.807, 2.05) is 13.8 Å². The Morgan fingerprint density at radius 3 is 2.60 bits per heavy atom. The van der Waals surface area contributed by atoms with Crippen molar-refractivity contribution in [3.05, 3.63) is 28.2 Å². The largest absolute Gasteiger partial charge is 0.491 e. The molecule has 0 aliphatic heterocycles. The molecule has 0 saturated heterocycles. The van der Waals surface area contributed by atoms with E-state index in [4.69, 9.17) is 33.0 Å². The third-order valence-corrected chi connectivity index (χ3v) is 2.76. The second-order valence-electron chi connectivity index (χ2n) is 4.16. The highest BCUT2D eigenvalue weighted by atomic mass is 35.5. The first-order valence-electron chi connectivity index (χ1n) is 4.64. The Morgan fingerprint density at radius 2 is 2.00 bits per heavy atom. The molecule has 4 heteroatoms. The van der Waals surface area contributed by atoms with Crippen LogP contribution in [0.5, 0.6) is 5.75 Å². The fourth-order valence-electron chi connectivity index (χ4n) is 0.914. The van der Waals surface area contributed by atoms with Crippen molar-refractivity contribution in [2.45, 2.75) is 13.8 Å². The summed E-state index contributed by atoms with van der Waals surface area (Å²) in [7, 11) is 0. The molecule has 0 amide bonds. The zero-order valence-corrected chi connectivity index (χ0v) is 10.3. The number of aliphatic hydroxyl groups excluding tert-OH is 1. The smallest absolute Gasteiger partial charge is 0.139 e. The Labute approximate surface area is 99.8 Å². The first-order chi connectivity index (χ1) is 6.96. The standard InChI is InChI=1S/C11H14Cl2O2/c1-11(2,6-14)7-15-9-5-3-4-8(12)10(9)13/h3-5,14H,6-7H2,1-2H3. The summed E-state index contributed by atoms with van der Waals surface area (Å²) in [5.41, 5.74) is -0.286. The molecular weight excluding hydrogens is 235 g/mol. The van der Waals surface area contributed by atoms with Crippen LogP contribution in [0.3, 0.4) is 0 Å². The molecule has 0 bridgehead atoms. The number of benzene rings is 1. The molecule has 0 fully saturated rings. The van der Waals surface area contributed by atoms with Crippen LogP contribution < -0.4 is 4.74 Å². The normalized spacial score (nSPS) is 11.5. The average molecular weight is 249 g/mol. The van der Waals surface area contributed by atoms with Crippen molar-refractivity contribution in [3.63, 3.8) is 0 Å². The maximum atomic E-state index is 9.06. The quantitative estimate of drug-likeness (QED) is 0.886. The monoisotopic (exact) mass is 248 g/mol. The number of hydrogen-bond donors (Lipinski definition) is 1. The van der Waals surface area contributed by atoms with Gasteiger partial charge < -0.3 is 9.84 Å². The fourth-order valence-corrected chi connectivity index (χ4v) is 1.26. The van der Waals surface area contributed by atoms with Crippen LogP contribution in [0.2, 0.25) is 10.0 Å². The summed E-state index contributed by atoms with van der Waals surface area (Å²) in [6.45, 7) is 4.27. The molecule has 0 radical (unpaired) electrons. The second kappa shape index (κ2) is 5.06. The second-order valence-corrected chi connectivity index (χ2v) is 4.95. The van der Waals surface area contributed by atoms with Gasteiger partial charge in [0.1, 0.15) is 10.8 Å². The molecule has 0 saturated carbocycles. The summed E-state index contributed by atoms with van der Waals surface area (Å²) in [4.78, 5) is 0. The number of rotatable bonds is 4. The molecule has 0 aromatic heterocycles. The van der Waals surface area contributed by atoms with E-state index < -0.39 is 0 Å². The van der Waals surface area contributed by atoms with Crippen molar-refractivity contribution in [2.24, 2.45) is 5.41 Å². The van der Waals surface area contributed by atoms with Gasteiger partial charge in [0, 0.05) is 5.41 Å². The molecule has 1 N–H and O–H groups in total. The van der Waals surface area contributed by atoms with Gasteiger partial charge in [0.15, 0.2) is 0 Å². The van der Waals surface area contributed by atoms with Gasteiger partial charge in [0.2, 0.25) is 0 Å². The zero-order chi connectivity index (χ0) is 11.5. The van der Waals surface area contributed by atoms with Gasteiger partial charge in [-0.2, -0.15) is 0 Å². The Balaban J connectivity index is 2.70. The Morgan fingerprint density at radius 1 is 1.33 bits per heavy atom. The molecule has 0 spiro atoms. The fraction of sp³-hybridized carbons (Fsp3) is 0.455. The zero-order valence-electron chi connectivity index (χ0n) is 8.76. The predicted molar refractivity (Wildman–Crippen MR) is 62.8 cm³/mol. The molecule has 1 rings (SSSR count). The molecule has 1 aromatic rings. The van der Waals surface area contributed by atoms with Crippen LogP contribution in [0.4, 0.5) is 0 Å². The van der Waals surface area contributed by atoms with E-state index in [0.717, 1.165) is 0 Å². The molecule has 2 nitrogen and oxygen atoms in total. The molecule has 84 valence electrons. The number of halogens is 2. The van der Waals surface area contributed by atoms with Gasteiger partial charge in [-0.15, -0.1) is 0 Å². The highest BCUT2D eigenvalue weighted by molar-refractivity contribution is 6.42. The van der Waals surface area contributed by atoms with E-state index in [-0.39, 0.29) is 12.0 Å². The summed E-state index contributed by atoms with van der Waals surface area (Å²) >= 11 is 11.8. The van der Waals surface area contributed by atoms with Gasteiger partial charge in [0.05, 0.1) is 18.2 Å². The van der Waals surface area contributed by atoms with Gasteiger partial charge in [-0.05, 0) is 12.1 Å². The summed E-state index contributed by atoms with van der Waals surface area (Å²) in [5.74, 6) is 0.547. The molecule has 0 heterocycles. The van der Waals surface area contributed by atoms with Crippen molar-refractivity contribution < 1.29 is 9.84 Å². The van der Waals surface area contributed by atoms with Crippen LogP contribution in [0, 0.1) is 5.41 Å².